The zero-order valence-electron chi connectivity index (χ0n) is 12.9. The Morgan fingerprint density at radius 3 is 2.67 bits per heavy atom. The molecule has 4 nitrogen and oxygen atoms in total. The molecule has 0 aliphatic heterocycles. The highest BCUT2D eigenvalue weighted by Crippen LogP contribution is 2.26. The summed E-state index contributed by atoms with van der Waals surface area (Å²) >= 11 is 11.8. The van der Waals surface area contributed by atoms with Gasteiger partial charge in [0, 0.05) is 18.1 Å². The number of nitrogens with one attached hydrogen (secondary N) is 1. The quantitative estimate of drug-likeness (QED) is 0.704. The minimum Gasteiger partial charge on any atom is -0.458 e. The number of rotatable bonds is 5. The van der Waals surface area contributed by atoms with E-state index in [1.807, 2.05) is 30.3 Å². The summed E-state index contributed by atoms with van der Waals surface area (Å²) < 4.78 is 11.2. The number of benzene rings is 2. The standard InChI is InChI=1S/C18H15Cl2NO3/c1-23-17(16-9-11-4-2-3-5-15(11)24-16)10-21-18(22)12-6-7-13(19)14(20)8-12/h2-9,17H,10H2,1H3,(H,21,22)/t17-/m0/s1. The number of halogens is 2. The minimum atomic E-state index is -0.385. The van der Waals surface area contributed by atoms with E-state index in [2.05, 4.69) is 5.32 Å². The predicted molar refractivity (Wildman–Crippen MR) is 94.8 cm³/mol. The molecule has 3 aromatic rings. The number of amides is 1. The third-order valence-corrected chi connectivity index (χ3v) is 4.42. The lowest BCUT2D eigenvalue weighted by atomic mass is 10.2. The van der Waals surface area contributed by atoms with Crippen molar-refractivity contribution >= 4 is 40.1 Å². The van der Waals surface area contributed by atoms with Gasteiger partial charge in [0.1, 0.15) is 17.4 Å². The van der Waals surface area contributed by atoms with Crippen LogP contribution in [-0.2, 0) is 4.74 Å². The fourth-order valence-electron chi connectivity index (χ4n) is 2.39. The Morgan fingerprint density at radius 1 is 1.17 bits per heavy atom. The summed E-state index contributed by atoms with van der Waals surface area (Å²) in [6.45, 7) is 0.273. The Balaban J connectivity index is 1.71. The zero-order chi connectivity index (χ0) is 17.1. The fourth-order valence-corrected chi connectivity index (χ4v) is 2.68. The first-order chi connectivity index (χ1) is 11.6. The molecule has 0 aliphatic carbocycles. The molecule has 0 aliphatic rings. The maximum absolute atomic E-state index is 12.2. The molecule has 0 saturated heterocycles. The third-order valence-electron chi connectivity index (χ3n) is 3.68. The van der Waals surface area contributed by atoms with Crippen LogP contribution in [0.1, 0.15) is 22.2 Å². The Labute approximate surface area is 149 Å². The van der Waals surface area contributed by atoms with Gasteiger partial charge in [0.05, 0.1) is 16.6 Å². The van der Waals surface area contributed by atoms with Gasteiger partial charge in [-0.05, 0) is 30.3 Å². The van der Waals surface area contributed by atoms with E-state index < -0.39 is 0 Å². The highest BCUT2D eigenvalue weighted by atomic mass is 35.5. The lowest BCUT2D eigenvalue weighted by Gasteiger charge is -2.14. The molecule has 124 valence electrons. The molecule has 1 N–H and O–H groups in total. The van der Waals surface area contributed by atoms with Crippen LogP contribution in [0.4, 0.5) is 0 Å². The SMILES string of the molecule is CO[C@@H](CNC(=O)c1ccc(Cl)c(Cl)c1)c1cc2ccccc2o1. The lowest BCUT2D eigenvalue weighted by molar-refractivity contribution is 0.0747. The molecule has 0 saturated carbocycles. The molecule has 0 unspecified atom stereocenters. The molecule has 0 fully saturated rings. The van der Waals surface area contributed by atoms with Crippen LogP contribution < -0.4 is 5.32 Å². The molecule has 1 aromatic heterocycles. The summed E-state index contributed by atoms with van der Waals surface area (Å²) in [5, 5.41) is 4.55. The highest BCUT2D eigenvalue weighted by Gasteiger charge is 2.17. The van der Waals surface area contributed by atoms with Gasteiger partial charge in [0.2, 0.25) is 0 Å². The van der Waals surface area contributed by atoms with E-state index in [0.29, 0.717) is 21.4 Å². The minimum absolute atomic E-state index is 0.258. The Bertz CT molecular complexity index is 843. The van der Waals surface area contributed by atoms with Gasteiger partial charge in [-0.2, -0.15) is 0 Å². The van der Waals surface area contributed by atoms with Crippen LogP contribution in [0.3, 0.4) is 0 Å². The predicted octanol–water partition coefficient (Wildman–Crippen LogP) is 4.86. The van der Waals surface area contributed by atoms with Crippen molar-refractivity contribution in [3.05, 3.63) is 69.9 Å². The van der Waals surface area contributed by atoms with Crippen LogP contribution in [0, 0.1) is 0 Å². The van der Waals surface area contributed by atoms with E-state index in [-0.39, 0.29) is 18.6 Å². The number of hydrogen-bond donors (Lipinski definition) is 1. The molecular formula is C18H15Cl2NO3. The largest absolute Gasteiger partial charge is 0.458 e. The van der Waals surface area contributed by atoms with Crippen molar-refractivity contribution in [2.45, 2.75) is 6.10 Å². The molecule has 1 atom stereocenters. The molecule has 24 heavy (non-hydrogen) atoms. The first kappa shape index (κ1) is 16.8. The first-order valence-electron chi connectivity index (χ1n) is 7.33. The van der Waals surface area contributed by atoms with Crippen molar-refractivity contribution < 1.29 is 13.9 Å². The Morgan fingerprint density at radius 2 is 1.96 bits per heavy atom. The van der Waals surface area contributed by atoms with Crippen molar-refractivity contribution in [3.8, 4) is 0 Å². The summed E-state index contributed by atoms with van der Waals surface area (Å²) in [7, 11) is 1.57. The summed E-state index contributed by atoms with van der Waals surface area (Å²) in [4.78, 5) is 12.2. The van der Waals surface area contributed by atoms with Gasteiger partial charge in [-0.3, -0.25) is 4.79 Å². The Hall–Kier alpha value is -2.01. The smallest absolute Gasteiger partial charge is 0.251 e. The molecule has 3 rings (SSSR count). The number of carbonyl (C=O) groups excluding carboxylic acids is 1. The zero-order valence-corrected chi connectivity index (χ0v) is 14.4. The average molecular weight is 364 g/mol. The van der Waals surface area contributed by atoms with Crippen LogP contribution in [0.15, 0.2) is 52.9 Å². The number of carbonyl (C=O) groups is 1. The number of para-hydroxylation sites is 1. The number of fused-ring (bicyclic) bond motifs is 1. The van der Waals surface area contributed by atoms with Crippen molar-refractivity contribution in [2.75, 3.05) is 13.7 Å². The molecule has 2 aromatic carbocycles. The second kappa shape index (κ2) is 7.26. The topological polar surface area (TPSA) is 51.5 Å². The van der Waals surface area contributed by atoms with Crippen LogP contribution in [0.2, 0.25) is 10.0 Å². The maximum Gasteiger partial charge on any atom is 0.251 e. The van der Waals surface area contributed by atoms with E-state index >= 15 is 0 Å². The van der Waals surface area contributed by atoms with Crippen LogP contribution in [0.5, 0.6) is 0 Å². The monoisotopic (exact) mass is 363 g/mol. The van der Waals surface area contributed by atoms with Crippen LogP contribution in [0.25, 0.3) is 11.0 Å². The Kier molecular flexibility index (Phi) is 5.09. The van der Waals surface area contributed by atoms with E-state index in [4.69, 9.17) is 32.4 Å². The molecule has 0 radical (unpaired) electrons. The summed E-state index contributed by atoms with van der Waals surface area (Å²) in [6, 6.07) is 14.3. The van der Waals surface area contributed by atoms with Crippen LogP contribution in [-0.4, -0.2) is 19.6 Å². The fraction of sp³-hybridized carbons (Fsp3) is 0.167. The van der Waals surface area contributed by atoms with Crippen molar-refractivity contribution in [3.63, 3.8) is 0 Å². The normalized spacial score (nSPS) is 12.3. The second-order valence-electron chi connectivity index (χ2n) is 5.25. The lowest BCUT2D eigenvalue weighted by Crippen LogP contribution is -2.29. The molecular weight excluding hydrogens is 349 g/mol. The highest BCUT2D eigenvalue weighted by molar-refractivity contribution is 6.42. The van der Waals surface area contributed by atoms with Gasteiger partial charge >= 0.3 is 0 Å². The molecule has 1 heterocycles. The van der Waals surface area contributed by atoms with Crippen molar-refractivity contribution in [1.29, 1.82) is 0 Å². The van der Waals surface area contributed by atoms with Gasteiger partial charge < -0.3 is 14.5 Å². The van der Waals surface area contributed by atoms with E-state index in [1.165, 1.54) is 6.07 Å². The van der Waals surface area contributed by atoms with Gasteiger partial charge in [0.25, 0.3) is 5.91 Å². The van der Waals surface area contributed by atoms with Gasteiger partial charge in [0.15, 0.2) is 0 Å². The first-order valence-corrected chi connectivity index (χ1v) is 8.08. The number of hydrogen-bond acceptors (Lipinski definition) is 3. The van der Waals surface area contributed by atoms with Crippen LogP contribution >= 0.6 is 23.2 Å². The number of ether oxygens (including phenoxy) is 1. The number of furan rings is 1. The van der Waals surface area contributed by atoms with E-state index in [0.717, 1.165) is 11.0 Å². The second-order valence-corrected chi connectivity index (χ2v) is 6.06. The summed E-state index contributed by atoms with van der Waals surface area (Å²) in [6.07, 6.45) is -0.385. The summed E-state index contributed by atoms with van der Waals surface area (Å²) in [5.74, 6) is 0.403. The molecule has 0 spiro atoms. The van der Waals surface area contributed by atoms with Crippen molar-refractivity contribution in [2.24, 2.45) is 0 Å². The number of methoxy groups -OCH3 is 1. The van der Waals surface area contributed by atoms with Gasteiger partial charge in [-0.15, -0.1) is 0 Å². The van der Waals surface area contributed by atoms with Gasteiger partial charge in [-0.25, -0.2) is 0 Å². The third kappa shape index (κ3) is 3.56. The molecule has 0 bridgehead atoms. The maximum atomic E-state index is 12.2. The van der Waals surface area contributed by atoms with Gasteiger partial charge in [-0.1, -0.05) is 41.4 Å². The average Bonchev–Trinajstić information content (AvgIpc) is 3.01. The molecule has 6 heteroatoms. The van der Waals surface area contributed by atoms with E-state index in [1.54, 1.807) is 19.2 Å². The van der Waals surface area contributed by atoms with E-state index in [9.17, 15) is 4.79 Å². The summed E-state index contributed by atoms with van der Waals surface area (Å²) in [5.41, 5.74) is 1.22. The van der Waals surface area contributed by atoms with Crippen molar-refractivity contribution in [1.82, 2.24) is 5.32 Å². The molecule has 1 amide bonds.